The summed E-state index contributed by atoms with van der Waals surface area (Å²) in [6.07, 6.45) is 4.93. The Morgan fingerprint density at radius 1 is 1.11 bits per heavy atom. The molecule has 2 aromatic rings. The lowest BCUT2D eigenvalue weighted by molar-refractivity contribution is 0.682. The lowest BCUT2D eigenvalue weighted by atomic mass is 10.2. The van der Waals surface area contributed by atoms with Crippen LogP contribution >= 0.6 is 0 Å². The number of hydrogen-bond acceptors (Lipinski definition) is 4. The highest BCUT2D eigenvalue weighted by Gasteiger charge is 2.06. The first-order valence-corrected chi connectivity index (χ1v) is 6.49. The van der Waals surface area contributed by atoms with Crippen LogP contribution in [0, 0.1) is 0 Å². The molecule has 5 nitrogen and oxygen atoms in total. The molecule has 5 heteroatoms. The summed E-state index contributed by atoms with van der Waals surface area (Å²) in [4.78, 5) is 0. The summed E-state index contributed by atoms with van der Waals surface area (Å²) in [6.45, 7) is 3.12. The molecule has 2 rings (SSSR count). The first kappa shape index (κ1) is 12.5. The molecule has 0 aliphatic carbocycles. The summed E-state index contributed by atoms with van der Waals surface area (Å²) in [7, 11) is 0. The van der Waals surface area contributed by atoms with E-state index in [0.717, 1.165) is 18.7 Å². The Labute approximate surface area is 107 Å². The number of unbranched alkanes of at least 4 members (excludes halogenated alkanes) is 3. The van der Waals surface area contributed by atoms with Crippen LogP contribution in [0.2, 0.25) is 0 Å². The van der Waals surface area contributed by atoms with Gasteiger partial charge in [-0.3, -0.25) is 0 Å². The highest BCUT2D eigenvalue weighted by Crippen LogP contribution is 2.10. The minimum atomic E-state index is 0.706. The zero-order valence-electron chi connectivity index (χ0n) is 10.7. The van der Waals surface area contributed by atoms with Gasteiger partial charge in [0.15, 0.2) is 0 Å². The van der Waals surface area contributed by atoms with Gasteiger partial charge in [-0.2, -0.15) is 4.68 Å². The predicted octanol–water partition coefficient (Wildman–Crippen LogP) is 2.65. The number of para-hydroxylation sites is 1. The largest absolute Gasteiger partial charge is 0.353 e. The van der Waals surface area contributed by atoms with Crippen molar-refractivity contribution < 1.29 is 0 Å². The summed E-state index contributed by atoms with van der Waals surface area (Å²) < 4.78 is 1.72. The third-order valence-electron chi connectivity index (χ3n) is 2.78. The average Bonchev–Trinajstić information content (AvgIpc) is 2.88. The zero-order valence-corrected chi connectivity index (χ0v) is 10.7. The smallest absolute Gasteiger partial charge is 0.247 e. The Balaban J connectivity index is 1.92. The predicted molar refractivity (Wildman–Crippen MR) is 71.8 cm³/mol. The lowest BCUT2D eigenvalue weighted by Crippen LogP contribution is -2.08. The van der Waals surface area contributed by atoms with Gasteiger partial charge in [-0.1, -0.05) is 49.5 Å². The van der Waals surface area contributed by atoms with E-state index in [-0.39, 0.29) is 0 Å². The van der Waals surface area contributed by atoms with Crippen LogP contribution in [0.4, 0.5) is 5.95 Å². The minimum absolute atomic E-state index is 0.706. The SMILES string of the molecule is CCCCCCNc1nnnn1-c1ccccc1. The van der Waals surface area contributed by atoms with Crippen LogP contribution in [-0.2, 0) is 0 Å². The van der Waals surface area contributed by atoms with E-state index in [1.165, 1.54) is 19.3 Å². The quantitative estimate of drug-likeness (QED) is 0.762. The van der Waals surface area contributed by atoms with Gasteiger partial charge in [0.25, 0.3) is 0 Å². The standard InChI is InChI=1S/C13H19N5/c1-2-3-4-8-11-14-13-15-16-17-18(13)12-9-6-5-7-10-12/h5-7,9-10H,2-4,8,11H2,1H3,(H,14,15,17). The number of nitrogens with zero attached hydrogens (tertiary/aromatic N) is 4. The fourth-order valence-corrected chi connectivity index (χ4v) is 1.79. The van der Waals surface area contributed by atoms with Crippen LogP contribution < -0.4 is 5.32 Å². The first-order valence-electron chi connectivity index (χ1n) is 6.49. The maximum atomic E-state index is 4.00. The van der Waals surface area contributed by atoms with Crippen molar-refractivity contribution in [3.05, 3.63) is 30.3 Å². The third-order valence-corrected chi connectivity index (χ3v) is 2.78. The topological polar surface area (TPSA) is 55.6 Å². The molecule has 18 heavy (non-hydrogen) atoms. The second-order valence-corrected chi connectivity index (χ2v) is 4.24. The van der Waals surface area contributed by atoms with E-state index in [1.807, 2.05) is 30.3 Å². The lowest BCUT2D eigenvalue weighted by Gasteiger charge is -2.06. The van der Waals surface area contributed by atoms with E-state index in [2.05, 4.69) is 27.8 Å². The van der Waals surface area contributed by atoms with Crippen molar-refractivity contribution in [2.75, 3.05) is 11.9 Å². The van der Waals surface area contributed by atoms with E-state index in [9.17, 15) is 0 Å². The van der Waals surface area contributed by atoms with Crippen molar-refractivity contribution >= 4 is 5.95 Å². The monoisotopic (exact) mass is 245 g/mol. The number of hydrogen-bond donors (Lipinski definition) is 1. The Bertz CT molecular complexity index is 451. The number of anilines is 1. The Kier molecular flexibility index (Phi) is 4.69. The summed E-state index contributed by atoms with van der Waals surface area (Å²) in [5.74, 6) is 0.706. The third kappa shape index (κ3) is 3.29. The van der Waals surface area contributed by atoms with Gasteiger partial charge in [-0.15, -0.1) is 0 Å². The number of nitrogens with one attached hydrogen (secondary N) is 1. The molecular formula is C13H19N5. The van der Waals surface area contributed by atoms with Gasteiger partial charge in [0.1, 0.15) is 0 Å². The molecule has 0 bridgehead atoms. The second kappa shape index (κ2) is 6.74. The maximum Gasteiger partial charge on any atom is 0.247 e. The Hall–Kier alpha value is -1.91. The molecule has 0 unspecified atom stereocenters. The van der Waals surface area contributed by atoms with Crippen molar-refractivity contribution in [1.82, 2.24) is 20.2 Å². The van der Waals surface area contributed by atoms with Crippen molar-refractivity contribution in [2.24, 2.45) is 0 Å². The fraction of sp³-hybridized carbons (Fsp3) is 0.462. The molecule has 96 valence electrons. The molecule has 0 fully saturated rings. The van der Waals surface area contributed by atoms with E-state index in [1.54, 1.807) is 4.68 Å². The van der Waals surface area contributed by atoms with E-state index in [0.29, 0.717) is 5.95 Å². The molecule has 0 atom stereocenters. The van der Waals surface area contributed by atoms with E-state index in [4.69, 9.17) is 0 Å². The van der Waals surface area contributed by atoms with E-state index < -0.39 is 0 Å². The van der Waals surface area contributed by atoms with Gasteiger partial charge in [-0.25, -0.2) is 0 Å². The van der Waals surface area contributed by atoms with Gasteiger partial charge in [-0.05, 0) is 29.0 Å². The molecule has 0 saturated carbocycles. The Morgan fingerprint density at radius 2 is 1.94 bits per heavy atom. The second-order valence-electron chi connectivity index (χ2n) is 4.24. The summed E-state index contributed by atoms with van der Waals surface area (Å²) in [5.41, 5.74) is 0.971. The van der Waals surface area contributed by atoms with Crippen LogP contribution in [0.25, 0.3) is 5.69 Å². The van der Waals surface area contributed by atoms with Gasteiger partial charge < -0.3 is 5.32 Å². The zero-order chi connectivity index (χ0) is 12.6. The van der Waals surface area contributed by atoms with E-state index >= 15 is 0 Å². The molecule has 0 aliphatic rings. The highest BCUT2D eigenvalue weighted by atomic mass is 15.6. The number of rotatable bonds is 7. The average molecular weight is 245 g/mol. The van der Waals surface area contributed by atoms with Gasteiger partial charge >= 0.3 is 0 Å². The molecule has 1 N–H and O–H groups in total. The fourth-order valence-electron chi connectivity index (χ4n) is 1.79. The van der Waals surface area contributed by atoms with Crippen LogP contribution in [0.3, 0.4) is 0 Å². The first-order chi connectivity index (χ1) is 8.92. The van der Waals surface area contributed by atoms with Crippen molar-refractivity contribution in [3.8, 4) is 5.69 Å². The van der Waals surface area contributed by atoms with Gasteiger partial charge in [0, 0.05) is 6.54 Å². The minimum Gasteiger partial charge on any atom is -0.353 e. The molecule has 1 heterocycles. The van der Waals surface area contributed by atoms with Crippen molar-refractivity contribution in [1.29, 1.82) is 0 Å². The molecular weight excluding hydrogens is 226 g/mol. The molecule has 0 saturated heterocycles. The van der Waals surface area contributed by atoms with Crippen molar-refractivity contribution in [2.45, 2.75) is 32.6 Å². The van der Waals surface area contributed by atoms with Crippen LogP contribution in [-0.4, -0.2) is 26.8 Å². The van der Waals surface area contributed by atoms with Gasteiger partial charge in [0.2, 0.25) is 5.95 Å². The van der Waals surface area contributed by atoms with Crippen LogP contribution in [0.15, 0.2) is 30.3 Å². The number of tetrazole rings is 1. The number of aromatic nitrogens is 4. The molecule has 0 spiro atoms. The Morgan fingerprint density at radius 3 is 2.72 bits per heavy atom. The highest BCUT2D eigenvalue weighted by molar-refractivity contribution is 5.38. The van der Waals surface area contributed by atoms with Crippen LogP contribution in [0.5, 0.6) is 0 Å². The maximum absolute atomic E-state index is 4.00. The molecule has 1 aromatic carbocycles. The van der Waals surface area contributed by atoms with Crippen LogP contribution in [0.1, 0.15) is 32.6 Å². The molecule has 0 aliphatic heterocycles. The van der Waals surface area contributed by atoms with Gasteiger partial charge in [0.05, 0.1) is 5.69 Å². The molecule has 0 radical (unpaired) electrons. The summed E-state index contributed by atoms with van der Waals surface area (Å²) in [6, 6.07) is 9.90. The summed E-state index contributed by atoms with van der Waals surface area (Å²) in [5, 5.41) is 15.0. The summed E-state index contributed by atoms with van der Waals surface area (Å²) >= 11 is 0. The molecule has 0 amide bonds. The normalized spacial score (nSPS) is 10.5. The van der Waals surface area contributed by atoms with Crippen molar-refractivity contribution in [3.63, 3.8) is 0 Å². The number of benzene rings is 1. The molecule has 1 aromatic heterocycles.